The summed E-state index contributed by atoms with van der Waals surface area (Å²) >= 11 is 12.7. The third kappa shape index (κ3) is 6.10. The van der Waals surface area contributed by atoms with Gasteiger partial charge in [-0.05, 0) is 67.6 Å². The Kier molecular flexibility index (Phi) is 8.36. The van der Waals surface area contributed by atoms with E-state index in [0.717, 1.165) is 19.3 Å². The normalized spacial score (nSPS) is 14.6. The van der Waals surface area contributed by atoms with Crippen molar-refractivity contribution in [3.05, 3.63) is 81.3 Å². The Balaban J connectivity index is 1.46. The van der Waals surface area contributed by atoms with Crippen LogP contribution in [0.2, 0.25) is 10.0 Å². The van der Waals surface area contributed by atoms with Crippen molar-refractivity contribution >= 4 is 40.8 Å². The summed E-state index contributed by atoms with van der Waals surface area (Å²) in [6.07, 6.45) is 3.21. The summed E-state index contributed by atoms with van der Waals surface area (Å²) in [6.45, 7) is 2.13. The van der Waals surface area contributed by atoms with Gasteiger partial charge in [0.15, 0.2) is 5.75 Å². The van der Waals surface area contributed by atoms with Gasteiger partial charge in [-0.1, -0.05) is 47.5 Å². The molecule has 3 aromatic carbocycles. The fourth-order valence-electron chi connectivity index (χ4n) is 4.19. The number of ether oxygens (including phenoxy) is 2. The summed E-state index contributed by atoms with van der Waals surface area (Å²) in [6, 6.07) is 16.4. The maximum absolute atomic E-state index is 11.9. The minimum atomic E-state index is -1.01. The average Bonchev–Trinajstić information content (AvgIpc) is 2.86. The fourth-order valence-corrected chi connectivity index (χ4v) is 4.76. The second-order valence-corrected chi connectivity index (χ2v) is 9.18. The SMILES string of the molecule is CCOC(=O)C(=O)Nc1cc(Cl)c(Oc2ccc(O)c(CNC3CCCc4ccccc43)c2)c(Cl)c1. The molecule has 188 valence electrons. The van der Waals surface area contributed by atoms with Crippen molar-refractivity contribution in [3.63, 3.8) is 0 Å². The molecule has 0 spiro atoms. The lowest BCUT2D eigenvalue weighted by molar-refractivity contribution is -0.152. The van der Waals surface area contributed by atoms with Crippen LogP contribution < -0.4 is 15.4 Å². The van der Waals surface area contributed by atoms with Crippen LogP contribution in [-0.4, -0.2) is 23.6 Å². The third-order valence-electron chi connectivity index (χ3n) is 5.90. The zero-order valence-corrected chi connectivity index (χ0v) is 21.2. The number of carbonyl (C=O) groups is 2. The summed E-state index contributed by atoms with van der Waals surface area (Å²) < 4.78 is 10.6. The first kappa shape index (κ1) is 25.8. The summed E-state index contributed by atoms with van der Waals surface area (Å²) in [7, 11) is 0. The molecule has 3 aromatic rings. The Morgan fingerprint density at radius 3 is 2.58 bits per heavy atom. The molecule has 0 aromatic heterocycles. The van der Waals surface area contributed by atoms with E-state index >= 15 is 0 Å². The average molecular weight is 529 g/mol. The van der Waals surface area contributed by atoms with Gasteiger partial charge in [-0.25, -0.2) is 4.79 Å². The van der Waals surface area contributed by atoms with Crippen LogP contribution >= 0.6 is 23.2 Å². The number of amides is 1. The molecular weight excluding hydrogens is 503 g/mol. The molecule has 1 atom stereocenters. The van der Waals surface area contributed by atoms with E-state index < -0.39 is 11.9 Å². The Morgan fingerprint density at radius 1 is 1.08 bits per heavy atom. The fraction of sp³-hybridized carbons (Fsp3) is 0.259. The maximum Gasteiger partial charge on any atom is 0.397 e. The summed E-state index contributed by atoms with van der Waals surface area (Å²) in [5.74, 6) is -1.19. The number of rotatable bonds is 7. The number of fused-ring (bicyclic) bond motifs is 1. The van der Waals surface area contributed by atoms with Crippen molar-refractivity contribution < 1.29 is 24.2 Å². The molecule has 1 aliphatic carbocycles. The molecule has 0 saturated heterocycles. The van der Waals surface area contributed by atoms with Crippen LogP contribution in [0.5, 0.6) is 17.2 Å². The zero-order chi connectivity index (χ0) is 25.7. The summed E-state index contributed by atoms with van der Waals surface area (Å²) in [5.41, 5.74) is 3.54. The molecule has 4 rings (SSSR count). The lowest BCUT2D eigenvalue weighted by Crippen LogP contribution is -2.25. The Labute approximate surface area is 219 Å². The minimum absolute atomic E-state index is 0.0820. The molecule has 7 nitrogen and oxygen atoms in total. The molecule has 0 fully saturated rings. The van der Waals surface area contributed by atoms with Crippen LogP contribution in [0.3, 0.4) is 0 Å². The maximum atomic E-state index is 11.9. The highest BCUT2D eigenvalue weighted by atomic mass is 35.5. The van der Waals surface area contributed by atoms with Gasteiger partial charge < -0.3 is 25.2 Å². The van der Waals surface area contributed by atoms with Gasteiger partial charge >= 0.3 is 11.9 Å². The van der Waals surface area contributed by atoms with Gasteiger partial charge in [-0.15, -0.1) is 0 Å². The zero-order valence-electron chi connectivity index (χ0n) is 19.6. The van der Waals surface area contributed by atoms with Crippen molar-refractivity contribution in [1.82, 2.24) is 5.32 Å². The molecule has 36 heavy (non-hydrogen) atoms. The van der Waals surface area contributed by atoms with E-state index in [1.54, 1.807) is 25.1 Å². The van der Waals surface area contributed by atoms with Crippen molar-refractivity contribution in [3.8, 4) is 17.2 Å². The Hall–Kier alpha value is -3.26. The summed E-state index contributed by atoms with van der Waals surface area (Å²) in [5, 5.41) is 16.6. The van der Waals surface area contributed by atoms with Crippen LogP contribution in [0.25, 0.3) is 0 Å². The van der Waals surface area contributed by atoms with Crippen molar-refractivity contribution in [1.29, 1.82) is 0 Å². The number of carbonyl (C=O) groups excluding carboxylic acids is 2. The monoisotopic (exact) mass is 528 g/mol. The number of hydrogen-bond acceptors (Lipinski definition) is 6. The van der Waals surface area contributed by atoms with Crippen LogP contribution in [0.15, 0.2) is 54.6 Å². The molecular formula is C27H26Cl2N2O5. The molecule has 1 unspecified atom stereocenters. The molecule has 0 radical (unpaired) electrons. The van der Waals surface area contributed by atoms with Crippen molar-refractivity contribution in [2.24, 2.45) is 0 Å². The molecule has 1 amide bonds. The van der Waals surface area contributed by atoms with E-state index in [4.69, 9.17) is 27.9 Å². The van der Waals surface area contributed by atoms with E-state index in [2.05, 4.69) is 33.6 Å². The topological polar surface area (TPSA) is 96.9 Å². The minimum Gasteiger partial charge on any atom is -0.508 e. The van der Waals surface area contributed by atoms with Crippen LogP contribution in [0.4, 0.5) is 5.69 Å². The second-order valence-electron chi connectivity index (χ2n) is 8.36. The van der Waals surface area contributed by atoms with E-state index in [1.165, 1.54) is 23.3 Å². The van der Waals surface area contributed by atoms with Crippen LogP contribution in [0, 0.1) is 0 Å². The smallest absolute Gasteiger partial charge is 0.397 e. The highest BCUT2D eigenvalue weighted by Crippen LogP contribution is 2.40. The first-order chi connectivity index (χ1) is 17.4. The lowest BCUT2D eigenvalue weighted by Gasteiger charge is -2.26. The van der Waals surface area contributed by atoms with Crippen molar-refractivity contribution in [2.45, 2.75) is 38.8 Å². The van der Waals surface area contributed by atoms with E-state index in [-0.39, 0.29) is 39.9 Å². The number of aryl methyl sites for hydroxylation is 1. The number of nitrogens with one attached hydrogen (secondary N) is 2. The standard InChI is InChI=1S/C27H26Cl2N2O5/c1-2-35-27(34)26(33)31-18-13-21(28)25(22(29)14-18)36-19-10-11-24(32)17(12-19)15-30-23-9-5-7-16-6-3-4-8-20(16)23/h3-4,6,8,10-14,23,30,32H,2,5,7,9,15H2,1H3,(H,31,33). The van der Waals surface area contributed by atoms with Crippen LogP contribution in [-0.2, 0) is 27.3 Å². The summed E-state index contributed by atoms with van der Waals surface area (Å²) in [4.78, 5) is 23.4. The van der Waals surface area contributed by atoms with Gasteiger partial charge in [0.2, 0.25) is 0 Å². The predicted molar refractivity (Wildman–Crippen MR) is 139 cm³/mol. The lowest BCUT2D eigenvalue weighted by atomic mass is 9.87. The molecule has 0 aliphatic heterocycles. The second kappa shape index (κ2) is 11.6. The number of aromatic hydroxyl groups is 1. The van der Waals surface area contributed by atoms with E-state index in [9.17, 15) is 14.7 Å². The number of phenolic OH excluding ortho intramolecular Hbond substituents is 1. The molecule has 1 aliphatic rings. The van der Waals surface area contributed by atoms with Gasteiger partial charge in [0.05, 0.1) is 16.7 Å². The predicted octanol–water partition coefficient (Wildman–Crippen LogP) is 6.16. The van der Waals surface area contributed by atoms with Gasteiger partial charge in [0, 0.05) is 23.8 Å². The number of esters is 1. The molecule has 0 heterocycles. The molecule has 9 heteroatoms. The highest BCUT2D eigenvalue weighted by Gasteiger charge is 2.20. The first-order valence-electron chi connectivity index (χ1n) is 11.6. The Bertz CT molecular complexity index is 1260. The van der Waals surface area contributed by atoms with Gasteiger partial charge in [0.25, 0.3) is 0 Å². The quantitative estimate of drug-likeness (QED) is 0.251. The number of benzene rings is 3. The van der Waals surface area contributed by atoms with Gasteiger partial charge in [-0.3, -0.25) is 4.79 Å². The highest BCUT2D eigenvalue weighted by molar-refractivity contribution is 6.39. The molecule has 3 N–H and O–H groups in total. The van der Waals surface area contributed by atoms with E-state index in [0.29, 0.717) is 17.9 Å². The number of phenols is 1. The number of hydrogen-bond donors (Lipinski definition) is 3. The number of anilines is 1. The van der Waals surface area contributed by atoms with Crippen LogP contribution in [0.1, 0.15) is 42.5 Å². The molecule has 0 bridgehead atoms. The van der Waals surface area contributed by atoms with Gasteiger partial charge in [0.1, 0.15) is 11.5 Å². The first-order valence-corrected chi connectivity index (χ1v) is 12.4. The number of halogens is 2. The molecule has 0 saturated carbocycles. The Morgan fingerprint density at radius 2 is 1.83 bits per heavy atom. The van der Waals surface area contributed by atoms with Crippen molar-refractivity contribution in [2.75, 3.05) is 11.9 Å². The van der Waals surface area contributed by atoms with Gasteiger partial charge in [-0.2, -0.15) is 0 Å². The third-order valence-corrected chi connectivity index (χ3v) is 6.46. The largest absolute Gasteiger partial charge is 0.508 e. The van der Waals surface area contributed by atoms with E-state index in [1.807, 2.05) is 6.07 Å².